The van der Waals surface area contributed by atoms with Crippen molar-refractivity contribution in [3.05, 3.63) is 30.3 Å². The summed E-state index contributed by atoms with van der Waals surface area (Å²) < 4.78 is 20.5. The van der Waals surface area contributed by atoms with Crippen LogP contribution in [-0.2, 0) is 11.5 Å². The van der Waals surface area contributed by atoms with Gasteiger partial charge in [-0.15, -0.1) is 0 Å². The maximum absolute atomic E-state index is 13.0. The van der Waals surface area contributed by atoms with Crippen molar-refractivity contribution in [3.63, 3.8) is 0 Å². The van der Waals surface area contributed by atoms with Gasteiger partial charge in [-0.1, -0.05) is 19.6 Å². The zero-order valence-corrected chi connectivity index (χ0v) is 12.1. The number of halogens is 1. The van der Waals surface area contributed by atoms with E-state index >= 15 is 0 Å². The summed E-state index contributed by atoms with van der Waals surface area (Å²) in [4.78, 5) is 4.08. The Hall–Kier alpha value is -1.20. The van der Waals surface area contributed by atoms with Crippen LogP contribution < -0.4 is 0 Å². The Kier molecular flexibility index (Phi) is 3.82. The van der Waals surface area contributed by atoms with Gasteiger partial charge in [-0.3, -0.25) is 0 Å². The monoisotopic (exact) mass is 266 g/mol. The molecule has 0 saturated heterocycles. The number of aromatic nitrogens is 2. The van der Waals surface area contributed by atoms with Gasteiger partial charge in [0.2, 0.25) is 0 Å². The summed E-state index contributed by atoms with van der Waals surface area (Å²) in [5.74, 6) is -0.306. The first kappa shape index (κ1) is 13.2. The summed E-state index contributed by atoms with van der Waals surface area (Å²) in [6.45, 7) is 8.23. The normalized spacial score (nSPS) is 12.2. The van der Waals surface area contributed by atoms with Gasteiger partial charge in [0, 0.05) is 26.3 Å². The van der Waals surface area contributed by atoms with Crippen LogP contribution in [0.4, 0.5) is 4.39 Å². The summed E-state index contributed by atoms with van der Waals surface area (Å²) >= 11 is 0. The Morgan fingerprint density at radius 3 is 2.89 bits per heavy atom. The molecule has 0 unspecified atom stereocenters. The fourth-order valence-corrected chi connectivity index (χ4v) is 2.45. The third-order valence-electron chi connectivity index (χ3n) is 2.79. The number of fused-ring (bicyclic) bond motifs is 1. The minimum atomic E-state index is -1.04. The topological polar surface area (TPSA) is 27.1 Å². The molecule has 18 heavy (non-hydrogen) atoms. The molecule has 0 N–H and O–H groups in total. The lowest BCUT2D eigenvalue weighted by Crippen LogP contribution is -2.22. The number of nitrogens with zero attached hydrogens (tertiary/aromatic N) is 2. The summed E-state index contributed by atoms with van der Waals surface area (Å²) in [7, 11) is -1.04. The van der Waals surface area contributed by atoms with Crippen molar-refractivity contribution in [2.24, 2.45) is 0 Å². The summed E-state index contributed by atoms with van der Waals surface area (Å²) in [6.07, 6.45) is 3.12. The fraction of sp³-hybridized carbons (Fsp3) is 0.462. The molecule has 0 fully saturated rings. The molecule has 3 nitrogen and oxygen atoms in total. The maximum atomic E-state index is 13.0. The molecule has 0 amide bonds. The van der Waals surface area contributed by atoms with E-state index in [1.54, 1.807) is 0 Å². The van der Waals surface area contributed by atoms with E-state index in [2.05, 4.69) is 24.6 Å². The van der Waals surface area contributed by atoms with Crippen LogP contribution in [0.15, 0.2) is 24.5 Å². The van der Waals surface area contributed by atoms with Crippen LogP contribution in [0.3, 0.4) is 0 Å². The second-order valence-corrected chi connectivity index (χ2v) is 11.3. The Balaban J connectivity index is 1.96. The smallest absolute Gasteiger partial charge is 0.142 e. The third-order valence-corrected chi connectivity index (χ3v) is 4.50. The number of hydrogen-bond donors (Lipinski definition) is 0. The number of rotatable bonds is 5. The van der Waals surface area contributed by atoms with E-state index in [1.165, 1.54) is 12.3 Å². The molecule has 98 valence electrons. The molecule has 0 spiro atoms. The molecule has 0 aliphatic rings. The largest absolute Gasteiger partial charge is 0.361 e. The lowest BCUT2D eigenvalue weighted by Gasteiger charge is -2.15. The van der Waals surface area contributed by atoms with Crippen LogP contribution in [0.2, 0.25) is 25.7 Å². The lowest BCUT2D eigenvalue weighted by atomic mass is 10.3. The molecule has 2 aromatic heterocycles. The molecule has 0 radical (unpaired) electrons. The zero-order valence-electron chi connectivity index (χ0n) is 11.1. The molecular weight excluding hydrogens is 247 g/mol. The molecule has 5 heteroatoms. The van der Waals surface area contributed by atoms with Crippen molar-refractivity contribution in [2.75, 3.05) is 6.61 Å². The van der Waals surface area contributed by atoms with Crippen LogP contribution in [0.1, 0.15) is 0 Å². The quantitative estimate of drug-likeness (QED) is 0.612. The number of ether oxygens (including phenoxy) is 1. The van der Waals surface area contributed by atoms with E-state index < -0.39 is 8.07 Å². The van der Waals surface area contributed by atoms with Crippen molar-refractivity contribution in [1.82, 2.24) is 9.55 Å². The van der Waals surface area contributed by atoms with Crippen LogP contribution >= 0.6 is 0 Å². The van der Waals surface area contributed by atoms with Crippen molar-refractivity contribution < 1.29 is 9.13 Å². The highest BCUT2D eigenvalue weighted by Crippen LogP contribution is 2.14. The predicted molar refractivity (Wildman–Crippen MR) is 73.8 cm³/mol. The van der Waals surface area contributed by atoms with E-state index in [4.69, 9.17) is 4.74 Å². The standard InChI is InChI=1S/C13H19FN2OSi/c1-18(2,3)7-6-17-10-16-5-4-11-8-12(14)9-15-13(11)16/h4-5,8-9H,6-7,10H2,1-3H3. The predicted octanol–water partition coefficient (Wildman–Crippen LogP) is 3.49. The molecule has 2 aromatic rings. The van der Waals surface area contributed by atoms with Crippen LogP contribution in [0.5, 0.6) is 0 Å². The fourth-order valence-electron chi connectivity index (χ4n) is 1.70. The van der Waals surface area contributed by atoms with Crippen molar-refractivity contribution in [2.45, 2.75) is 32.4 Å². The molecule has 0 saturated carbocycles. The van der Waals surface area contributed by atoms with Gasteiger partial charge in [0.25, 0.3) is 0 Å². The Morgan fingerprint density at radius 2 is 2.17 bits per heavy atom. The first-order valence-electron chi connectivity index (χ1n) is 6.14. The van der Waals surface area contributed by atoms with Crippen LogP contribution in [-0.4, -0.2) is 24.2 Å². The van der Waals surface area contributed by atoms with Crippen molar-refractivity contribution in [1.29, 1.82) is 0 Å². The molecule has 0 aromatic carbocycles. The SMILES string of the molecule is C[Si](C)(C)CCOCn1ccc2cc(F)cnc21. The van der Waals surface area contributed by atoms with Gasteiger partial charge in [-0.05, 0) is 18.2 Å². The summed E-state index contributed by atoms with van der Waals surface area (Å²) in [5.41, 5.74) is 0.768. The van der Waals surface area contributed by atoms with E-state index in [0.29, 0.717) is 6.73 Å². The Bertz CT molecular complexity index is 533. The van der Waals surface area contributed by atoms with Gasteiger partial charge in [-0.25, -0.2) is 9.37 Å². The average Bonchev–Trinajstić information content (AvgIpc) is 2.65. The maximum Gasteiger partial charge on any atom is 0.142 e. The minimum Gasteiger partial charge on any atom is -0.361 e. The second kappa shape index (κ2) is 5.20. The van der Waals surface area contributed by atoms with E-state index in [1.807, 2.05) is 16.8 Å². The van der Waals surface area contributed by atoms with Crippen LogP contribution in [0.25, 0.3) is 11.0 Å². The average molecular weight is 266 g/mol. The Morgan fingerprint density at radius 1 is 1.39 bits per heavy atom. The van der Waals surface area contributed by atoms with Crippen molar-refractivity contribution >= 4 is 19.1 Å². The van der Waals surface area contributed by atoms with E-state index in [-0.39, 0.29) is 5.82 Å². The summed E-state index contributed by atoms with van der Waals surface area (Å²) in [6, 6.07) is 4.49. The molecule has 2 rings (SSSR count). The molecule has 0 atom stereocenters. The minimum absolute atomic E-state index is 0.306. The lowest BCUT2D eigenvalue weighted by molar-refractivity contribution is 0.0899. The molecule has 2 heterocycles. The molecular formula is C13H19FN2OSi. The second-order valence-electron chi connectivity index (χ2n) is 5.70. The van der Waals surface area contributed by atoms with Gasteiger partial charge < -0.3 is 9.30 Å². The van der Waals surface area contributed by atoms with Gasteiger partial charge >= 0.3 is 0 Å². The molecule has 0 aliphatic heterocycles. The van der Waals surface area contributed by atoms with Gasteiger partial charge in [0.05, 0.1) is 6.20 Å². The highest BCUT2D eigenvalue weighted by Gasteiger charge is 2.12. The highest BCUT2D eigenvalue weighted by molar-refractivity contribution is 6.76. The first-order valence-corrected chi connectivity index (χ1v) is 9.84. The third kappa shape index (κ3) is 3.40. The first-order chi connectivity index (χ1) is 8.46. The van der Waals surface area contributed by atoms with Gasteiger partial charge in [0.15, 0.2) is 0 Å². The van der Waals surface area contributed by atoms with Gasteiger partial charge in [0.1, 0.15) is 18.2 Å². The molecule has 0 bridgehead atoms. The Labute approximate surface area is 108 Å². The highest BCUT2D eigenvalue weighted by atomic mass is 28.3. The van der Waals surface area contributed by atoms with E-state index in [9.17, 15) is 4.39 Å². The van der Waals surface area contributed by atoms with E-state index in [0.717, 1.165) is 23.7 Å². The van der Waals surface area contributed by atoms with Crippen molar-refractivity contribution in [3.8, 4) is 0 Å². The number of hydrogen-bond acceptors (Lipinski definition) is 2. The number of pyridine rings is 1. The molecule has 0 aliphatic carbocycles. The summed E-state index contributed by atoms with van der Waals surface area (Å²) in [5, 5.41) is 0.809. The van der Waals surface area contributed by atoms with Gasteiger partial charge in [-0.2, -0.15) is 0 Å². The zero-order chi connectivity index (χ0) is 13.2. The van der Waals surface area contributed by atoms with Crippen LogP contribution in [0, 0.1) is 5.82 Å².